The summed E-state index contributed by atoms with van der Waals surface area (Å²) < 4.78 is 5.29. The van der Waals surface area contributed by atoms with Gasteiger partial charge >= 0.3 is 0 Å². The van der Waals surface area contributed by atoms with Crippen LogP contribution in [-0.4, -0.2) is 36.6 Å². The Labute approximate surface area is 117 Å². The summed E-state index contributed by atoms with van der Waals surface area (Å²) >= 11 is 0. The van der Waals surface area contributed by atoms with Crippen LogP contribution in [0.3, 0.4) is 0 Å². The number of hydrogen-bond acceptors (Lipinski definition) is 4. The zero-order valence-corrected chi connectivity index (χ0v) is 11.2. The van der Waals surface area contributed by atoms with E-state index in [0.717, 1.165) is 18.4 Å². The minimum absolute atomic E-state index is 0.117. The molecule has 0 aromatic heterocycles. The van der Waals surface area contributed by atoms with Crippen molar-refractivity contribution >= 4 is 11.6 Å². The summed E-state index contributed by atoms with van der Waals surface area (Å²) in [7, 11) is 0. The maximum atomic E-state index is 12.8. The van der Waals surface area contributed by atoms with Gasteiger partial charge < -0.3 is 15.4 Å². The molecule has 1 aromatic rings. The molecule has 1 saturated heterocycles. The van der Waals surface area contributed by atoms with Gasteiger partial charge in [0.2, 0.25) is 5.91 Å². The molecule has 3 rings (SSSR count). The average molecular weight is 271 g/mol. The molecule has 1 aromatic carbocycles. The molecule has 1 atom stereocenters. The normalized spacial score (nSPS) is 23.9. The lowest BCUT2D eigenvalue weighted by Crippen LogP contribution is -2.49. The first kappa shape index (κ1) is 12.9. The van der Waals surface area contributed by atoms with Crippen molar-refractivity contribution < 1.29 is 9.53 Å². The van der Waals surface area contributed by atoms with Crippen molar-refractivity contribution in [3.63, 3.8) is 0 Å². The highest BCUT2D eigenvalue weighted by Crippen LogP contribution is 2.49. The molecule has 1 heterocycles. The van der Waals surface area contributed by atoms with Crippen LogP contribution in [0.5, 0.6) is 0 Å². The average Bonchev–Trinajstić information content (AvgIpc) is 3.29. The molecule has 1 unspecified atom stereocenters. The van der Waals surface area contributed by atoms with E-state index in [1.165, 1.54) is 0 Å². The van der Waals surface area contributed by atoms with Gasteiger partial charge in [0, 0.05) is 12.2 Å². The molecule has 2 fully saturated rings. The Bertz CT molecular complexity index is 557. The number of anilines is 1. The minimum atomic E-state index is -0.505. The van der Waals surface area contributed by atoms with Crippen molar-refractivity contribution in [3.8, 4) is 6.07 Å². The van der Waals surface area contributed by atoms with Gasteiger partial charge in [-0.15, -0.1) is 0 Å². The van der Waals surface area contributed by atoms with Gasteiger partial charge in [0.15, 0.2) is 6.10 Å². The topological polar surface area (TPSA) is 79.4 Å². The molecule has 20 heavy (non-hydrogen) atoms. The molecule has 5 heteroatoms. The number of carbonyl (C=O) groups is 1. The molecular weight excluding hydrogens is 254 g/mol. The number of nitrogen functional groups attached to an aromatic ring is 1. The molecular formula is C15H17N3O2. The number of amides is 1. The lowest BCUT2D eigenvalue weighted by Gasteiger charge is -2.33. The predicted molar refractivity (Wildman–Crippen MR) is 73.7 cm³/mol. The summed E-state index contributed by atoms with van der Waals surface area (Å²) in [6.07, 6.45) is 1.23. The lowest BCUT2D eigenvalue weighted by molar-refractivity contribution is -0.139. The minimum Gasteiger partial charge on any atom is -0.399 e. The van der Waals surface area contributed by atoms with Gasteiger partial charge in [0.25, 0.3) is 0 Å². The van der Waals surface area contributed by atoms with Crippen molar-refractivity contribution in [2.75, 3.05) is 25.4 Å². The monoisotopic (exact) mass is 271 g/mol. The highest BCUT2D eigenvalue weighted by Gasteiger charge is 2.53. The van der Waals surface area contributed by atoms with Crippen LogP contribution in [0.4, 0.5) is 5.69 Å². The molecule has 0 spiro atoms. The molecule has 0 radical (unpaired) electrons. The summed E-state index contributed by atoms with van der Waals surface area (Å²) in [5, 5.41) is 8.93. The van der Waals surface area contributed by atoms with Gasteiger partial charge in [-0.25, -0.2) is 0 Å². The third-order valence-electron chi connectivity index (χ3n) is 4.12. The summed E-state index contributed by atoms with van der Waals surface area (Å²) in [6, 6.07) is 9.61. The molecule has 1 saturated carbocycles. The molecule has 5 nitrogen and oxygen atoms in total. The smallest absolute Gasteiger partial charge is 0.233 e. The Morgan fingerprint density at radius 3 is 2.70 bits per heavy atom. The quantitative estimate of drug-likeness (QED) is 0.815. The Morgan fingerprint density at radius 2 is 2.10 bits per heavy atom. The molecule has 1 aliphatic carbocycles. The van der Waals surface area contributed by atoms with E-state index in [1.807, 2.05) is 24.3 Å². The van der Waals surface area contributed by atoms with E-state index in [4.69, 9.17) is 15.7 Å². The number of ether oxygens (including phenoxy) is 1. The van der Waals surface area contributed by atoms with Gasteiger partial charge in [-0.05, 0) is 30.5 Å². The van der Waals surface area contributed by atoms with E-state index in [9.17, 15) is 4.79 Å². The van der Waals surface area contributed by atoms with Gasteiger partial charge in [-0.1, -0.05) is 12.1 Å². The van der Waals surface area contributed by atoms with Crippen LogP contribution in [0, 0.1) is 11.3 Å². The first-order valence-electron chi connectivity index (χ1n) is 6.82. The zero-order valence-electron chi connectivity index (χ0n) is 11.2. The molecule has 0 bridgehead atoms. The predicted octanol–water partition coefficient (Wildman–Crippen LogP) is 1.05. The Morgan fingerprint density at radius 1 is 1.40 bits per heavy atom. The summed E-state index contributed by atoms with van der Waals surface area (Å²) in [5.74, 6) is 0.117. The summed E-state index contributed by atoms with van der Waals surface area (Å²) in [5.41, 5.74) is 7.03. The second kappa shape index (κ2) is 4.80. The van der Waals surface area contributed by atoms with Crippen molar-refractivity contribution in [1.82, 2.24) is 4.90 Å². The Balaban J connectivity index is 1.80. The highest BCUT2D eigenvalue weighted by atomic mass is 16.5. The summed E-state index contributed by atoms with van der Waals surface area (Å²) in [6.45, 7) is 1.36. The second-order valence-corrected chi connectivity index (χ2v) is 5.44. The number of nitrogens with zero attached hydrogens (tertiary/aromatic N) is 2. The fraction of sp³-hybridized carbons (Fsp3) is 0.467. The first-order valence-corrected chi connectivity index (χ1v) is 6.82. The molecule has 1 aliphatic heterocycles. The van der Waals surface area contributed by atoms with Crippen LogP contribution in [0.25, 0.3) is 0 Å². The van der Waals surface area contributed by atoms with Crippen molar-refractivity contribution in [2.24, 2.45) is 0 Å². The number of benzene rings is 1. The van der Waals surface area contributed by atoms with E-state index >= 15 is 0 Å². The largest absolute Gasteiger partial charge is 0.399 e. The van der Waals surface area contributed by atoms with E-state index in [0.29, 0.717) is 25.4 Å². The second-order valence-electron chi connectivity index (χ2n) is 5.44. The number of carbonyl (C=O) groups excluding carboxylic acids is 1. The Hall–Kier alpha value is -2.06. The van der Waals surface area contributed by atoms with Gasteiger partial charge in [0.05, 0.1) is 24.6 Å². The third-order valence-corrected chi connectivity index (χ3v) is 4.12. The molecule has 104 valence electrons. The van der Waals surface area contributed by atoms with Gasteiger partial charge in [-0.3, -0.25) is 4.79 Å². The maximum Gasteiger partial charge on any atom is 0.233 e. The number of hydrogen-bond donors (Lipinski definition) is 1. The number of morpholine rings is 1. The van der Waals surface area contributed by atoms with Crippen LogP contribution < -0.4 is 5.73 Å². The van der Waals surface area contributed by atoms with E-state index in [2.05, 4.69) is 6.07 Å². The zero-order chi connectivity index (χ0) is 14.2. The molecule has 2 aliphatic rings. The highest BCUT2D eigenvalue weighted by molar-refractivity contribution is 5.91. The van der Waals surface area contributed by atoms with Gasteiger partial charge in [-0.2, -0.15) is 5.26 Å². The third kappa shape index (κ3) is 2.12. The molecule has 1 amide bonds. The SMILES string of the molecule is N#CC1CN(C(=O)C2(c3ccc(N)cc3)CC2)CCO1. The van der Waals surface area contributed by atoms with Crippen LogP contribution in [0.2, 0.25) is 0 Å². The van der Waals surface area contributed by atoms with Crippen molar-refractivity contribution in [1.29, 1.82) is 5.26 Å². The number of nitrogens with two attached hydrogens (primary N) is 1. The van der Waals surface area contributed by atoms with E-state index in [1.54, 1.807) is 4.90 Å². The fourth-order valence-corrected chi connectivity index (χ4v) is 2.77. The lowest BCUT2D eigenvalue weighted by atomic mass is 9.93. The van der Waals surface area contributed by atoms with Crippen LogP contribution in [-0.2, 0) is 14.9 Å². The van der Waals surface area contributed by atoms with Crippen molar-refractivity contribution in [3.05, 3.63) is 29.8 Å². The van der Waals surface area contributed by atoms with E-state index < -0.39 is 11.5 Å². The maximum absolute atomic E-state index is 12.8. The number of rotatable bonds is 2. The Kier molecular flexibility index (Phi) is 3.11. The van der Waals surface area contributed by atoms with Crippen molar-refractivity contribution in [2.45, 2.75) is 24.4 Å². The van der Waals surface area contributed by atoms with Gasteiger partial charge in [0.1, 0.15) is 0 Å². The number of nitriles is 1. The van der Waals surface area contributed by atoms with Crippen LogP contribution >= 0.6 is 0 Å². The molecule has 2 N–H and O–H groups in total. The van der Waals surface area contributed by atoms with Crippen LogP contribution in [0.15, 0.2) is 24.3 Å². The first-order chi connectivity index (χ1) is 9.65. The standard InChI is InChI=1S/C15H17N3O2/c16-9-13-10-18(7-8-20-13)14(19)15(5-6-15)11-1-3-12(17)4-2-11/h1-4,13H,5-8,10,17H2. The van der Waals surface area contributed by atoms with Crippen LogP contribution in [0.1, 0.15) is 18.4 Å². The fourth-order valence-electron chi connectivity index (χ4n) is 2.77. The van der Waals surface area contributed by atoms with E-state index in [-0.39, 0.29) is 5.91 Å². The summed E-state index contributed by atoms with van der Waals surface area (Å²) in [4.78, 5) is 14.5.